The third-order valence-corrected chi connectivity index (χ3v) is 2.63. The van der Waals surface area contributed by atoms with Crippen molar-refractivity contribution in [1.82, 2.24) is 9.97 Å². The van der Waals surface area contributed by atoms with Gasteiger partial charge in [0.05, 0.1) is 4.47 Å². The summed E-state index contributed by atoms with van der Waals surface area (Å²) in [6.07, 6.45) is 8.46. The summed E-state index contributed by atoms with van der Waals surface area (Å²) in [6.45, 7) is 12.0. The number of allylic oxidation sites excluding steroid dienone is 4. The fraction of sp³-hybridized carbons (Fsp3) is 0.467. The minimum Gasteiger partial charge on any atom is -0.343 e. The molecule has 0 spiro atoms. The van der Waals surface area contributed by atoms with E-state index >= 15 is 0 Å². The largest absolute Gasteiger partial charge is 0.343 e. The van der Waals surface area contributed by atoms with Crippen molar-refractivity contribution in [2.45, 2.75) is 48.0 Å². The predicted octanol–water partition coefficient (Wildman–Crippen LogP) is 6.23. The summed E-state index contributed by atoms with van der Waals surface area (Å²) in [6, 6.07) is 0. The second-order valence-corrected chi connectivity index (χ2v) is 4.22. The molecule has 0 saturated carbocycles. The lowest BCUT2D eigenvalue weighted by atomic mass is 10.3. The van der Waals surface area contributed by atoms with Gasteiger partial charge in [0.15, 0.2) is 0 Å². The molecule has 0 radical (unpaired) electrons. The minimum atomic E-state index is 0.229. The first-order valence-corrected chi connectivity index (χ1v) is 8.11. The molecule has 0 saturated heterocycles. The van der Waals surface area contributed by atoms with E-state index < -0.39 is 0 Å². The molecule has 20 heavy (non-hydrogen) atoms. The Morgan fingerprint density at radius 2 is 1.95 bits per heavy atom. The number of nitrogens with one attached hydrogen (secondary N) is 1. The predicted molar refractivity (Wildman–Crippen MR) is 94.2 cm³/mol. The van der Waals surface area contributed by atoms with Gasteiger partial charge in [-0.2, -0.15) is 4.98 Å². The summed E-state index contributed by atoms with van der Waals surface area (Å²) in [5.41, 5.74) is 1.06. The molecular weight excluding hydrogens is 338 g/mol. The number of hydrogen-bond donors (Lipinski definition) is 1. The van der Waals surface area contributed by atoms with Crippen LogP contribution in [0.15, 0.2) is 34.6 Å². The van der Waals surface area contributed by atoms with Crippen molar-refractivity contribution in [2.24, 2.45) is 0 Å². The highest BCUT2D eigenvalue weighted by atomic mass is 79.9. The van der Waals surface area contributed by atoms with Crippen LogP contribution in [0, 0.1) is 0 Å². The number of nitrogens with zero attached hydrogens (tertiary/aromatic N) is 2. The number of hydrogen-bond acceptors (Lipinski definition) is 3. The van der Waals surface area contributed by atoms with E-state index in [1.807, 2.05) is 52.8 Å². The van der Waals surface area contributed by atoms with Gasteiger partial charge in [-0.15, -0.1) is 0 Å². The van der Waals surface area contributed by atoms with E-state index in [1.54, 1.807) is 6.20 Å². The molecule has 0 aliphatic carbocycles. The van der Waals surface area contributed by atoms with E-state index in [0.29, 0.717) is 5.82 Å². The van der Waals surface area contributed by atoms with Gasteiger partial charge in [0.2, 0.25) is 5.28 Å². The highest BCUT2D eigenvalue weighted by Crippen LogP contribution is 2.22. The fourth-order valence-electron chi connectivity index (χ4n) is 1.05. The molecule has 1 aromatic heterocycles. The molecule has 0 bridgehead atoms. The molecule has 1 heterocycles. The fourth-order valence-corrected chi connectivity index (χ4v) is 1.47. The Labute approximate surface area is 136 Å². The summed E-state index contributed by atoms with van der Waals surface area (Å²) in [7, 11) is 0. The van der Waals surface area contributed by atoms with Gasteiger partial charge in [-0.3, -0.25) is 0 Å². The molecule has 0 atom stereocenters. The van der Waals surface area contributed by atoms with Gasteiger partial charge >= 0.3 is 0 Å². The third-order valence-electron chi connectivity index (χ3n) is 1.86. The number of rotatable bonds is 4. The number of anilines is 1. The summed E-state index contributed by atoms with van der Waals surface area (Å²) in [5, 5.41) is 3.43. The Balaban J connectivity index is 0. The standard InChI is InChI=1S/C11H13BrClN3.2C2H6/c1-3-5-6-8(4-2)15-10-9(12)7-14-11(13)16-10;2*1-2/h3,5-7H,4H2,1-2H3,(H,14,15,16);2*1-2H3/b5-3-,8-6+;;. The molecule has 0 fully saturated rings. The van der Waals surface area contributed by atoms with Crippen LogP contribution in [0.1, 0.15) is 48.0 Å². The molecule has 0 aromatic carbocycles. The molecule has 1 rings (SSSR count). The van der Waals surface area contributed by atoms with Crippen molar-refractivity contribution in [3.05, 3.63) is 39.9 Å². The molecule has 1 N–H and O–H groups in total. The Bertz CT molecular complexity index is 418. The van der Waals surface area contributed by atoms with Gasteiger partial charge < -0.3 is 5.32 Å². The maximum Gasteiger partial charge on any atom is 0.224 e. The highest BCUT2D eigenvalue weighted by molar-refractivity contribution is 9.10. The van der Waals surface area contributed by atoms with Crippen molar-refractivity contribution in [3.8, 4) is 0 Å². The third kappa shape index (κ3) is 9.10. The zero-order valence-corrected chi connectivity index (χ0v) is 15.5. The van der Waals surface area contributed by atoms with Crippen molar-refractivity contribution in [2.75, 3.05) is 5.32 Å². The zero-order valence-electron chi connectivity index (χ0n) is 13.2. The number of halogens is 2. The quantitative estimate of drug-likeness (QED) is 0.510. The van der Waals surface area contributed by atoms with Crippen LogP contribution in [0.4, 0.5) is 5.82 Å². The lowest BCUT2D eigenvalue weighted by Crippen LogP contribution is -2.02. The van der Waals surface area contributed by atoms with Crippen LogP contribution in [-0.4, -0.2) is 9.97 Å². The van der Waals surface area contributed by atoms with Crippen molar-refractivity contribution in [3.63, 3.8) is 0 Å². The van der Waals surface area contributed by atoms with Crippen LogP contribution >= 0.6 is 27.5 Å². The topological polar surface area (TPSA) is 37.8 Å². The first-order valence-electron chi connectivity index (χ1n) is 6.94. The van der Waals surface area contributed by atoms with Crippen LogP contribution in [0.5, 0.6) is 0 Å². The molecule has 0 unspecified atom stereocenters. The van der Waals surface area contributed by atoms with Crippen LogP contribution in [-0.2, 0) is 0 Å². The highest BCUT2D eigenvalue weighted by Gasteiger charge is 2.04. The number of aromatic nitrogens is 2. The first-order chi connectivity index (χ1) is 9.67. The van der Waals surface area contributed by atoms with Crippen molar-refractivity contribution in [1.29, 1.82) is 0 Å². The van der Waals surface area contributed by atoms with E-state index in [9.17, 15) is 0 Å². The first kappa shape index (κ1) is 21.4. The minimum absolute atomic E-state index is 0.229. The summed E-state index contributed by atoms with van der Waals surface area (Å²) < 4.78 is 0.789. The normalized spacial score (nSPS) is 10.3. The Hall–Kier alpha value is -0.870. The monoisotopic (exact) mass is 361 g/mol. The molecule has 0 aliphatic rings. The maximum absolute atomic E-state index is 5.73. The second-order valence-electron chi connectivity index (χ2n) is 3.03. The molecular formula is C15H25BrClN3. The summed E-state index contributed by atoms with van der Waals surface area (Å²) in [4.78, 5) is 7.97. The van der Waals surface area contributed by atoms with E-state index in [1.165, 1.54) is 0 Å². The lowest BCUT2D eigenvalue weighted by molar-refractivity contribution is 1.07. The Morgan fingerprint density at radius 3 is 2.45 bits per heavy atom. The lowest BCUT2D eigenvalue weighted by Gasteiger charge is -2.09. The molecule has 114 valence electrons. The SMILES string of the molecule is C/C=C\C=C(/CC)Nc1nc(Cl)ncc1Br.CC.CC. The van der Waals surface area contributed by atoms with Crippen molar-refractivity contribution < 1.29 is 0 Å². The molecule has 0 amide bonds. The average Bonchev–Trinajstić information content (AvgIpc) is 2.51. The van der Waals surface area contributed by atoms with E-state index in [0.717, 1.165) is 16.6 Å². The van der Waals surface area contributed by atoms with Gasteiger partial charge in [0.1, 0.15) is 5.82 Å². The van der Waals surface area contributed by atoms with Gasteiger partial charge in [0, 0.05) is 11.9 Å². The molecule has 3 nitrogen and oxygen atoms in total. The molecule has 0 aliphatic heterocycles. The van der Waals surface area contributed by atoms with Crippen LogP contribution in [0.3, 0.4) is 0 Å². The van der Waals surface area contributed by atoms with Gasteiger partial charge in [-0.1, -0.05) is 46.8 Å². The van der Waals surface area contributed by atoms with Crippen LogP contribution < -0.4 is 5.32 Å². The Morgan fingerprint density at radius 1 is 1.35 bits per heavy atom. The van der Waals surface area contributed by atoms with Crippen molar-refractivity contribution >= 4 is 33.3 Å². The Kier molecular flexibility index (Phi) is 15.6. The van der Waals surface area contributed by atoms with E-state index in [-0.39, 0.29) is 5.28 Å². The summed E-state index contributed by atoms with van der Waals surface area (Å²) >= 11 is 9.10. The van der Waals surface area contributed by atoms with Gasteiger partial charge in [0.25, 0.3) is 0 Å². The van der Waals surface area contributed by atoms with Gasteiger partial charge in [-0.25, -0.2) is 4.98 Å². The summed E-state index contributed by atoms with van der Waals surface area (Å²) in [5.74, 6) is 0.678. The van der Waals surface area contributed by atoms with Crippen LogP contribution in [0.25, 0.3) is 0 Å². The molecule has 5 heteroatoms. The average molecular weight is 363 g/mol. The second kappa shape index (κ2) is 14.5. The van der Waals surface area contributed by atoms with E-state index in [2.05, 4.69) is 38.1 Å². The molecule has 1 aromatic rings. The van der Waals surface area contributed by atoms with Gasteiger partial charge in [-0.05, 0) is 47.0 Å². The zero-order chi connectivity index (χ0) is 16.0. The van der Waals surface area contributed by atoms with E-state index in [4.69, 9.17) is 11.6 Å². The van der Waals surface area contributed by atoms with Crippen LogP contribution in [0.2, 0.25) is 5.28 Å². The maximum atomic E-state index is 5.73. The smallest absolute Gasteiger partial charge is 0.224 e.